The third kappa shape index (κ3) is 3.49. The van der Waals surface area contributed by atoms with E-state index in [0.717, 1.165) is 29.3 Å². The Bertz CT molecular complexity index is 817. The van der Waals surface area contributed by atoms with Gasteiger partial charge in [-0.1, -0.05) is 6.07 Å². The third-order valence-corrected chi connectivity index (χ3v) is 3.40. The van der Waals surface area contributed by atoms with E-state index >= 15 is 0 Å². The fourth-order valence-corrected chi connectivity index (χ4v) is 1.99. The molecule has 23 heavy (non-hydrogen) atoms. The van der Waals surface area contributed by atoms with Crippen molar-refractivity contribution in [3.8, 4) is 0 Å². The first-order chi connectivity index (χ1) is 10.8. The molecule has 0 unspecified atom stereocenters. The van der Waals surface area contributed by atoms with Crippen LogP contribution in [-0.2, 0) is 0 Å². The molecule has 1 N–H and O–H groups in total. The fourth-order valence-electron chi connectivity index (χ4n) is 1.99. The molecule has 0 bridgehead atoms. The summed E-state index contributed by atoms with van der Waals surface area (Å²) in [5.74, 6) is -0.699. The molecule has 2 rings (SSSR count). The maximum absolute atomic E-state index is 12.2. The van der Waals surface area contributed by atoms with Gasteiger partial charge in [-0.15, -0.1) is 0 Å². The molecule has 2 aromatic rings. The molecule has 0 spiro atoms. The van der Waals surface area contributed by atoms with Crippen LogP contribution in [0.1, 0.15) is 21.5 Å². The predicted octanol–water partition coefficient (Wildman–Crippen LogP) is 3.37. The van der Waals surface area contributed by atoms with Gasteiger partial charge in [-0.2, -0.15) is 0 Å². The number of carbonyl (C=O) groups is 1. The number of carbonyl (C=O) groups excluding carboxylic acids is 1. The Kier molecular flexibility index (Phi) is 4.35. The van der Waals surface area contributed by atoms with Crippen LogP contribution in [0.4, 0.5) is 17.1 Å². The van der Waals surface area contributed by atoms with E-state index < -0.39 is 27.1 Å². The van der Waals surface area contributed by atoms with Crippen molar-refractivity contribution in [2.45, 2.75) is 13.8 Å². The average Bonchev–Trinajstić information content (AvgIpc) is 2.50. The van der Waals surface area contributed by atoms with E-state index in [1.54, 1.807) is 12.1 Å². The first-order valence-electron chi connectivity index (χ1n) is 6.61. The van der Waals surface area contributed by atoms with Crippen molar-refractivity contribution in [1.82, 2.24) is 0 Å². The number of nitro groups is 2. The Hall–Kier alpha value is -3.29. The number of rotatable bonds is 4. The Labute approximate surface area is 131 Å². The molecule has 1 amide bonds. The molecule has 0 atom stereocenters. The highest BCUT2D eigenvalue weighted by Gasteiger charge is 2.24. The summed E-state index contributed by atoms with van der Waals surface area (Å²) in [6.07, 6.45) is 0. The highest BCUT2D eigenvalue weighted by molar-refractivity contribution is 6.07. The zero-order valence-corrected chi connectivity index (χ0v) is 12.4. The average molecular weight is 315 g/mol. The summed E-state index contributed by atoms with van der Waals surface area (Å²) in [6, 6.07) is 8.14. The molecule has 0 saturated heterocycles. The lowest BCUT2D eigenvalue weighted by atomic mass is 10.1. The molecule has 0 saturated carbocycles. The van der Waals surface area contributed by atoms with Crippen LogP contribution in [0.15, 0.2) is 36.4 Å². The Balaban J connectivity index is 2.36. The highest BCUT2D eigenvalue weighted by atomic mass is 16.6. The number of hydrogen-bond donors (Lipinski definition) is 1. The molecule has 0 fully saturated rings. The molecule has 8 heteroatoms. The van der Waals surface area contributed by atoms with Gasteiger partial charge in [0.25, 0.3) is 17.3 Å². The van der Waals surface area contributed by atoms with E-state index in [0.29, 0.717) is 5.69 Å². The molecular formula is C15H13N3O5. The van der Waals surface area contributed by atoms with Gasteiger partial charge in [0.1, 0.15) is 5.56 Å². The predicted molar refractivity (Wildman–Crippen MR) is 83.6 cm³/mol. The van der Waals surface area contributed by atoms with Crippen molar-refractivity contribution < 1.29 is 14.6 Å². The van der Waals surface area contributed by atoms with Gasteiger partial charge in [0.2, 0.25) is 0 Å². The van der Waals surface area contributed by atoms with Crippen LogP contribution in [0.2, 0.25) is 0 Å². The highest BCUT2D eigenvalue weighted by Crippen LogP contribution is 2.25. The van der Waals surface area contributed by atoms with Crippen molar-refractivity contribution in [2.75, 3.05) is 5.32 Å². The van der Waals surface area contributed by atoms with E-state index in [2.05, 4.69) is 5.32 Å². The molecule has 0 aliphatic rings. The summed E-state index contributed by atoms with van der Waals surface area (Å²) in [6.45, 7) is 3.79. The summed E-state index contributed by atoms with van der Waals surface area (Å²) in [5.41, 5.74) is 1.20. The Morgan fingerprint density at radius 1 is 0.957 bits per heavy atom. The number of aryl methyl sites for hydroxylation is 2. The van der Waals surface area contributed by atoms with Crippen LogP contribution in [0.3, 0.4) is 0 Å². The summed E-state index contributed by atoms with van der Waals surface area (Å²) in [7, 11) is 0. The summed E-state index contributed by atoms with van der Waals surface area (Å²) >= 11 is 0. The number of nitrogens with zero attached hydrogens (tertiary/aromatic N) is 2. The van der Waals surface area contributed by atoms with E-state index in [4.69, 9.17) is 0 Å². The van der Waals surface area contributed by atoms with E-state index in [1.165, 1.54) is 0 Å². The normalized spacial score (nSPS) is 10.2. The molecule has 2 aromatic carbocycles. The lowest BCUT2D eigenvalue weighted by Crippen LogP contribution is -2.14. The molecule has 0 aromatic heterocycles. The maximum Gasteiger partial charge on any atom is 0.289 e. The fraction of sp³-hybridized carbons (Fsp3) is 0.133. The number of nitrogens with one attached hydrogen (secondary N) is 1. The van der Waals surface area contributed by atoms with Gasteiger partial charge < -0.3 is 5.32 Å². The number of hydrogen-bond acceptors (Lipinski definition) is 5. The van der Waals surface area contributed by atoms with Crippen LogP contribution in [0, 0.1) is 34.1 Å². The van der Waals surface area contributed by atoms with Gasteiger partial charge in [-0.05, 0) is 43.2 Å². The second kappa shape index (κ2) is 6.22. The third-order valence-electron chi connectivity index (χ3n) is 3.40. The summed E-state index contributed by atoms with van der Waals surface area (Å²) in [5, 5.41) is 24.3. The van der Waals surface area contributed by atoms with Crippen molar-refractivity contribution in [2.24, 2.45) is 0 Å². The quantitative estimate of drug-likeness (QED) is 0.686. The van der Waals surface area contributed by atoms with Crippen LogP contribution in [0.5, 0.6) is 0 Å². The minimum absolute atomic E-state index is 0.237. The molecule has 0 aliphatic heterocycles. The largest absolute Gasteiger partial charge is 0.322 e. The lowest BCUT2D eigenvalue weighted by molar-refractivity contribution is -0.394. The minimum Gasteiger partial charge on any atom is -0.322 e. The van der Waals surface area contributed by atoms with Crippen LogP contribution in [-0.4, -0.2) is 15.8 Å². The van der Waals surface area contributed by atoms with Gasteiger partial charge in [0.15, 0.2) is 0 Å². The topological polar surface area (TPSA) is 115 Å². The van der Waals surface area contributed by atoms with E-state index in [1.807, 2.05) is 19.9 Å². The minimum atomic E-state index is -0.817. The van der Waals surface area contributed by atoms with Gasteiger partial charge >= 0.3 is 0 Å². The first-order valence-corrected chi connectivity index (χ1v) is 6.61. The van der Waals surface area contributed by atoms with Crippen LogP contribution < -0.4 is 5.32 Å². The van der Waals surface area contributed by atoms with Crippen molar-refractivity contribution in [1.29, 1.82) is 0 Å². The van der Waals surface area contributed by atoms with E-state index in [9.17, 15) is 25.0 Å². The lowest BCUT2D eigenvalue weighted by Gasteiger charge is -2.08. The molecule has 0 heterocycles. The van der Waals surface area contributed by atoms with Gasteiger partial charge in [0, 0.05) is 11.8 Å². The number of non-ortho nitro benzene ring substituents is 1. The zero-order chi connectivity index (χ0) is 17.1. The number of nitro benzene ring substituents is 2. The molecule has 118 valence electrons. The van der Waals surface area contributed by atoms with Crippen LogP contribution >= 0.6 is 0 Å². The first kappa shape index (κ1) is 16.1. The Morgan fingerprint density at radius 3 is 2.22 bits per heavy atom. The van der Waals surface area contributed by atoms with Crippen molar-refractivity contribution in [3.63, 3.8) is 0 Å². The Morgan fingerprint density at radius 2 is 1.65 bits per heavy atom. The smallest absolute Gasteiger partial charge is 0.289 e. The molecule has 8 nitrogen and oxygen atoms in total. The van der Waals surface area contributed by atoms with E-state index in [-0.39, 0.29) is 5.56 Å². The van der Waals surface area contributed by atoms with Gasteiger partial charge in [-0.3, -0.25) is 25.0 Å². The van der Waals surface area contributed by atoms with Crippen LogP contribution in [0.25, 0.3) is 0 Å². The number of amides is 1. The number of benzene rings is 2. The second-order valence-electron chi connectivity index (χ2n) is 4.97. The standard InChI is InChI=1S/C15H13N3O5/c1-9-3-4-11(7-10(9)2)16-15(19)13-6-5-12(17(20)21)8-14(13)18(22)23/h3-8H,1-2H3,(H,16,19). The zero-order valence-electron chi connectivity index (χ0n) is 12.4. The SMILES string of the molecule is Cc1ccc(NC(=O)c2ccc([N+](=O)[O-])cc2[N+](=O)[O-])cc1C. The molecule has 0 aliphatic carbocycles. The summed E-state index contributed by atoms with van der Waals surface area (Å²) < 4.78 is 0. The summed E-state index contributed by atoms with van der Waals surface area (Å²) in [4.78, 5) is 32.4. The van der Waals surface area contributed by atoms with Crippen molar-refractivity contribution in [3.05, 3.63) is 73.3 Å². The van der Waals surface area contributed by atoms with Gasteiger partial charge in [-0.25, -0.2) is 0 Å². The monoisotopic (exact) mass is 315 g/mol. The maximum atomic E-state index is 12.2. The number of anilines is 1. The molecule has 0 radical (unpaired) electrons. The second-order valence-corrected chi connectivity index (χ2v) is 4.97. The van der Waals surface area contributed by atoms with Crippen molar-refractivity contribution >= 4 is 23.0 Å². The molecular weight excluding hydrogens is 302 g/mol. The van der Waals surface area contributed by atoms with Gasteiger partial charge in [0.05, 0.1) is 15.9 Å².